The fourth-order valence-electron chi connectivity index (χ4n) is 3.03. The summed E-state index contributed by atoms with van der Waals surface area (Å²) in [5.41, 5.74) is 6.32. The summed E-state index contributed by atoms with van der Waals surface area (Å²) in [4.78, 5) is 8.91. The van der Waals surface area contributed by atoms with Gasteiger partial charge in [-0.15, -0.1) is 0 Å². The van der Waals surface area contributed by atoms with Crippen LogP contribution in [0.2, 0.25) is 5.02 Å². The van der Waals surface area contributed by atoms with Gasteiger partial charge in [-0.2, -0.15) is 0 Å². The highest BCUT2D eigenvalue weighted by molar-refractivity contribution is 6.30. The predicted octanol–water partition coefficient (Wildman–Crippen LogP) is 3.30. The van der Waals surface area contributed by atoms with Crippen molar-refractivity contribution in [1.82, 2.24) is 10.9 Å². The largest absolute Gasteiger partial charge is 0.461 e. The molecule has 0 bridgehead atoms. The molecule has 0 aromatic heterocycles. The summed E-state index contributed by atoms with van der Waals surface area (Å²) in [6.07, 6.45) is 0. The van der Waals surface area contributed by atoms with Crippen molar-refractivity contribution in [3.05, 3.63) is 70.5 Å². The van der Waals surface area contributed by atoms with Crippen LogP contribution < -0.4 is 10.9 Å². The van der Waals surface area contributed by atoms with Gasteiger partial charge in [0.15, 0.2) is 0 Å². The van der Waals surface area contributed by atoms with Crippen LogP contribution in [0.3, 0.4) is 0 Å². The number of hydrazine groups is 1. The van der Waals surface area contributed by atoms with Crippen LogP contribution in [-0.2, 0) is 15.0 Å². The third kappa shape index (κ3) is 3.68. The van der Waals surface area contributed by atoms with Gasteiger partial charge >= 0.3 is 12.0 Å². The summed E-state index contributed by atoms with van der Waals surface area (Å²) in [6.45, 7) is 2.46. The van der Waals surface area contributed by atoms with Crippen molar-refractivity contribution in [1.29, 1.82) is 0 Å². The minimum Gasteiger partial charge on any atom is -0.461 e. The Hall–Kier alpha value is -2.80. The molecule has 2 aliphatic rings. The van der Waals surface area contributed by atoms with Gasteiger partial charge in [-0.05, 0) is 30.7 Å². The normalized spacial score (nSPS) is 23.9. The Labute approximate surface area is 161 Å². The molecule has 0 amide bonds. The molecule has 4 rings (SSSR count). The summed E-state index contributed by atoms with van der Waals surface area (Å²) in [5, 5.41) is 0.656. The molecule has 2 heterocycles. The van der Waals surface area contributed by atoms with Gasteiger partial charge in [0, 0.05) is 10.6 Å². The fourth-order valence-corrected chi connectivity index (χ4v) is 3.23. The van der Waals surface area contributed by atoms with Crippen LogP contribution in [0.5, 0.6) is 0 Å². The first-order valence-corrected chi connectivity index (χ1v) is 8.87. The van der Waals surface area contributed by atoms with Gasteiger partial charge in [0.2, 0.25) is 0 Å². The van der Waals surface area contributed by atoms with E-state index in [1.54, 1.807) is 18.2 Å². The van der Waals surface area contributed by atoms with E-state index in [1.165, 1.54) is 6.07 Å². The summed E-state index contributed by atoms with van der Waals surface area (Å²) in [7, 11) is 0. The Morgan fingerprint density at radius 3 is 2.74 bits per heavy atom. The second-order valence-electron chi connectivity index (χ2n) is 6.53. The highest BCUT2D eigenvalue weighted by atomic mass is 35.5. The first kappa shape index (κ1) is 17.6. The number of hydrogen-bond donors (Lipinski definition) is 2. The summed E-state index contributed by atoms with van der Waals surface area (Å²) >= 11 is 6.02. The molecule has 0 fully saturated rings. The number of amidine groups is 2. The van der Waals surface area contributed by atoms with Crippen LogP contribution in [0.25, 0.3) is 0 Å². The third-order valence-corrected chi connectivity index (χ3v) is 4.69. The number of hydrogen-bond acceptors (Lipinski definition) is 6. The lowest BCUT2D eigenvalue weighted by atomic mass is 9.94. The van der Waals surface area contributed by atoms with Crippen molar-refractivity contribution in [2.75, 3.05) is 13.2 Å². The molecular weight excluding hydrogens is 371 g/mol. The van der Waals surface area contributed by atoms with Gasteiger partial charge in [0.25, 0.3) is 0 Å². The topological polar surface area (TPSA) is 67.2 Å². The molecular formula is C19H18ClFN4O2. The van der Waals surface area contributed by atoms with E-state index in [4.69, 9.17) is 21.1 Å². The van der Waals surface area contributed by atoms with Gasteiger partial charge in [0.1, 0.15) is 30.6 Å². The van der Waals surface area contributed by atoms with Crippen LogP contribution in [0, 0.1) is 5.82 Å². The summed E-state index contributed by atoms with van der Waals surface area (Å²) in [5.74, 6) is -0.311. The molecule has 8 heteroatoms. The van der Waals surface area contributed by atoms with Crippen molar-refractivity contribution >= 4 is 23.6 Å². The molecule has 2 aromatic carbocycles. The molecule has 0 radical (unpaired) electrons. The molecule has 140 valence electrons. The molecule has 6 nitrogen and oxygen atoms in total. The maximum Gasteiger partial charge on any atom is 0.305 e. The SMILES string of the molecule is CC1(c2ccccc2F)COC(NNC2=NC(c3cccc(Cl)c3)CO2)=N1. The smallest absolute Gasteiger partial charge is 0.305 e. The van der Waals surface area contributed by atoms with E-state index in [9.17, 15) is 4.39 Å². The number of ether oxygens (including phenoxy) is 2. The maximum absolute atomic E-state index is 14.1. The van der Waals surface area contributed by atoms with Crippen molar-refractivity contribution in [3.63, 3.8) is 0 Å². The highest BCUT2D eigenvalue weighted by Gasteiger charge is 2.36. The monoisotopic (exact) mass is 388 g/mol. The first-order chi connectivity index (χ1) is 13.0. The molecule has 0 saturated carbocycles. The Morgan fingerprint density at radius 1 is 1.11 bits per heavy atom. The number of halogens is 2. The molecule has 2 unspecified atom stereocenters. The Bertz CT molecular complexity index is 920. The van der Waals surface area contributed by atoms with E-state index in [0.29, 0.717) is 23.2 Å². The van der Waals surface area contributed by atoms with Gasteiger partial charge in [-0.1, -0.05) is 41.9 Å². The van der Waals surface area contributed by atoms with Crippen LogP contribution in [0.4, 0.5) is 4.39 Å². The molecule has 27 heavy (non-hydrogen) atoms. The van der Waals surface area contributed by atoms with E-state index in [0.717, 1.165) is 5.56 Å². The number of benzene rings is 2. The predicted molar refractivity (Wildman–Crippen MR) is 101 cm³/mol. The minimum atomic E-state index is -0.795. The molecule has 2 aromatic rings. The average Bonchev–Trinajstić information content (AvgIpc) is 3.28. The molecule has 2 atom stereocenters. The lowest BCUT2D eigenvalue weighted by Gasteiger charge is -2.18. The standard InChI is InChI=1S/C19H18ClFN4O2/c1-19(14-7-2-3-8-15(14)21)11-27-18(23-19)25-24-17-22-16(10-26-17)12-5-4-6-13(20)9-12/h2-9,16H,10-11H2,1H3,(H,22,24)(H,23,25). The number of nitrogens with zero attached hydrogens (tertiary/aromatic N) is 2. The van der Waals surface area contributed by atoms with Crippen molar-refractivity contribution < 1.29 is 13.9 Å². The van der Waals surface area contributed by atoms with Crippen molar-refractivity contribution in [2.45, 2.75) is 18.5 Å². The van der Waals surface area contributed by atoms with Crippen molar-refractivity contribution in [2.24, 2.45) is 9.98 Å². The lowest BCUT2D eigenvalue weighted by molar-refractivity contribution is 0.253. The van der Waals surface area contributed by atoms with Gasteiger partial charge in [-0.3, -0.25) is 0 Å². The second-order valence-corrected chi connectivity index (χ2v) is 6.96. The zero-order valence-corrected chi connectivity index (χ0v) is 15.3. The zero-order chi connectivity index (χ0) is 18.9. The zero-order valence-electron chi connectivity index (χ0n) is 14.6. The third-order valence-electron chi connectivity index (χ3n) is 4.45. The van der Waals surface area contributed by atoms with Gasteiger partial charge in [-0.25, -0.2) is 25.2 Å². The van der Waals surface area contributed by atoms with Crippen LogP contribution in [0.15, 0.2) is 58.5 Å². The fraction of sp³-hybridized carbons (Fsp3) is 0.263. The minimum absolute atomic E-state index is 0.136. The van der Waals surface area contributed by atoms with E-state index in [2.05, 4.69) is 20.8 Å². The molecule has 0 spiro atoms. The number of nitrogens with one attached hydrogen (secondary N) is 2. The van der Waals surface area contributed by atoms with E-state index in [-0.39, 0.29) is 24.5 Å². The van der Waals surface area contributed by atoms with Crippen LogP contribution in [0.1, 0.15) is 24.1 Å². The Morgan fingerprint density at radius 2 is 1.93 bits per heavy atom. The second kappa shape index (κ2) is 7.08. The molecule has 2 N–H and O–H groups in total. The van der Waals surface area contributed by atoms with E-state index >= 15 is 0 Å². The molecule has 0 saturated heterocycles. The quantitative estimate of drug-likeness (QED) is 0.775. The number of aliphatic imine (C=N–C) groups is 2. The van der Waals surface area contributed by atoms with Gasteiger partial charge in [0.05, 0.1) is 0 Å². The average molecular weight is 389 g/mol. The molecule has 0 aliphatic carbocycles. The first-order valence-electron chi connectivity index (χ1n) is 8.49. The van der Waals surface area contributed by atoms with Crippen LogP contribution in [-0.4, -0.2) is 25.3 Å². The Kier molecular flexibility index (Phi) is 4.61. The van der Waals surface area contributed by atoms with Crippen LogP contribution >= 0.6 is 11.6 Å². The van der Waals surface area contributed by atoms with E-state index in [1.807, 2.05) is 31.2 Å². The highest BCUT2D eigenvalue weighted by Crippen LogP contribution is 2.31. The van der Waals surface area contributed by atoms with Gasteiger partial charge < -0.3 is 9.47 Å². The van der Waals surface area contributed by atoms with E-state index < -0.39 is 5.54 Å². The maximum atomic E-state index is 14.1. The Balaban J connectivity index is 1.41. The summed E-state index contributed by atoms with van der Waals surface area (Å²) in [6, 6.07) is 14.5. The molecule has 2 aliphatic heterocycles. The summed E-state index contributed by atoms with van der Waals surface area (Å²) < 4.78 is 25.2. The lowest BCUT2D eigenvalue weighted by Crippen LogP contribution is -2.41. The number of rotatable bonds is 2. The van der Waals surface area contributed by atoms with Crippen molar-refractivity contribution in [3.8, 4) is 0 Å².